The van der Waals surface area contributed by atoms with E-state index in [1.165, 1.54) is 0 Å². The summed E-state index contributed by atoms with van der Waals surface area (Å²) in [6.07, 6.45) is 0.708. The molecule has 23 heavy (non-hydrogen) atoms. The Bertz CT molecular complexity index is 559. The van der Waals surface area contributed by atoms with Crippen LogP contribution >= 0.6 is 0 Å². The van der Waals surface area contributed by atoms with Crippen LogP contribution < -0.4 is 5.32 Å². The Balaban J connectivity index is 2.19. The third-order valence-electron chi connectivity index (χ3n) is 3.67. The standard InChI is InChI=1S/C19H23NO3/c1-2-23-15-9-14-20-18(21)19(22,16-10-5-3-6-11-16)17-12-7-4-8-13-17/h3-8,10-13,22H,2,9,14-15H2,1H3,(H,20,21). The Morgan fingerprint density at radius 1 is 1.04 bits per heavy atom. The summed E-state index contributed by atoms with van der Waals surface area (Å²) in [5, 5.41) is 14.0. The average molecular weight is 313 g/mol. The number of amides is 1. The van der Waals surface area contributed by atoms with E-state index in [-0.39, 0.29) is 0 Å². The van der Waals surface area contributed by atoms with Crippen LogP contribution in [-0.4, -0.2) is 30.8 Å². The average Bonchev–Trinajstić information content (AvgIpc) is 2.62. The highest BCUT2D eigenvalue weighted by Gasteiger charge is 2.39. The highest BCUT2D eigenvalue weighted by atomic mass is 16.5. The van der Waals surface area contributed by atoms with Crippen LogP contribution in [0.15, 0.2) is 60.7 Å². The molecule has 0 spiro atoms. The highest BCUT2D eigenvalue weighted by molar-refractivity contribution is 5.90. The number of hydrogen-bond acceptors (Lipinski definition) is 3. The second-order valence-corrected chi connectivity index (χ2v) is 5.25. The molecule has 0 fully saturated rings. The zero-order valence-corrected chi connectivity index (χ0v) is 13.4. The zero-order valence-electron chi connectivity index (χ0n) is 13.4. The summed E-state index contributed by atoms with van der Waals surface area (Å²) >= 11 is 0. The SMILES string of the molecule is CCOCCCNC(=O)C(O)(c1ccccc1)c1ccccc1. The van der Waals surface area contributed by atoms with Crippen molar-refractivity contribution in [2.24, 2.45) is 0 Å². The first-order valence-electron chi connectivity index (χ1n) is 7.89. The first-order chi connectivity index (χ1) is 11.2. The van der Waals surface area contributed by atoms with Crippen LogP contribution in [0, 0.1) is 0 Å². The molecule has 1 amide bonds. The molecule has 122 valence electrons. The third-order valence-corrected chi connectivity index (χ3v) is 3.67. The number of aliphatic hydroxyl groups is 1. The predicted octanol–water partition coefficient (Wildman–Crippen LogP) is 2.47. The Morgan fingerprint density at radius 3 is 2.04 bits per heavy atom. The van der Waals surface area contributed by atoms with E-state index in [1.54, 1.807) is 24.3 Å². The molecule has 2 aromatic carbocycles. The van der Waals surface area contributed by atoms with Crippen LogP contribution in [0.5, 0.6) is 0 Å². The number of carbonyl (C=O) groups is 1. The summed E-state index contributed by atoms with van der Waals surface area (Å²) in [5.74, 6) is -0.425. The Hall–Kier alpha value is -2.17. The lowest BCUT2D eigenvalue weighted by molar-refractivity contribution is -0.136. The quantitative estimate of drug-likeness (QED) is 0.736. The summed E-state index contributed by atoms with van der Waals surface area (Å²) in [4.78, 5) is 12.7. The second kappa shape index (κ2) is 8.46. The van der Waals surface area contributed by atoms with Crippen LogP contribution in [0.25, 0.3) is 0 Å². The van der Waals surface area contributed by atoms with Crippen molar-refractivity contribution in [2.75, 3.05) is 19.8 Å². The number of ether oxygens (including phenoxy) is 1. The predicted molar refractivity (Wildman–Crippen MR) is 90.0 cm³/mol. The molecule has 0 aliphatic rings. The van der Waals surface area contributed by atoms with Crippen molar-refractivity contribution in [1.82, 2.24) is 5.32 Å². The summed E-state index contributed by atoms with van der Waals surface area (Å²) < 4.78 is 5.26. The van der Waals surface area contributed by atoms with Crippen molar-refractivity contribution >= 4 is 5.91 Å². The number of rotatable bonds is 8. The number of carbonyl (C=O) groups excluding carboxylic acids is 1. The van der Waals surface area contributed by atoms with Crippen LogP contribution in [-0.2, 0) is 15.1 Å². The minimum atomic E-state index is -1.70. The molecule has 0 heterocycles. The Morgan fingerprint density at radius 2 is 1.57 bits per heavy atom. The van der Waals surface area contributed by atoms with Gasteiger partial charge in [0, 0.05) is 19.8 Å². The summed E-state index contributed by atoms with van der Waals surface area (Å²) in [6, 6.07) is 18.0. The lowest BCUT2D eigenvalue weighted by atomic mass is 9.85. The van der Waals surface area contributed by atoms with Crippen LogP contribution in [0.4, 0.5) is 0 Å². The molecule has 2 N–H and O–H groups in total. The summed E-state index contributed by atoms with van der Waals surface area (Å²) in [7, 11) is 0. The molecule has 0 atom stereocenters. The molecule has 0 bridgehead atoms. The fourth-order valence-corrected chi connectivity index (χ4v) is 2.44. The number of benzene rings is 2. The Kier molecular flexibility index (Phi) is 6.32. The van der Waals surface area contributed by atoms with Gasteiger partial charge in [-0.2, -0.15) is 0 Å². The van der Waals surface area contributed by atoms with Gasteiger partial charge in [0.2, 0.25) is 0 Å². The molecule has 0 radical (unpaired) electrons. The van der Waals surface area contributed by atoms with Gasteiger partial charge in [-0.1, -0.05) is 60.7 Å². The van der Waals surface area contributed by atoms with Crippen molar-refractivity contribution in [3.05, 3.63) is 71.8 Å². The van der Waals surface area contributed by atoms with Gasteiger partial charge >= 0.3 is 0 Å². The molecular weight excluding hydrogens is 290 g/mol. The molecule has 2 rings (SSSR count). The maximum atomic E-state index is 12.7. The molecule has 0 aromatic heterocycles. The van der Waals surface area contributed by atoms with E-state index in [9.17, 15) is 9.90 Å². The second-order valence-electron chi connectivity index (χ2n) is 5.25. The van der Waals surface area contributed by atoms with Gasteiger partial charge < -0.3 is 15.2 Å². The van der Waals surface area contributed by atoms with Crippen LogP contribution in [0.2, 0.25) is 0 Å². The van der Waals surface area contributed by atoms with Crippen molar-refractivity contribution < 1.29 is 14.6 Å². The smallest absolute Gasteiger partial charge is 0.261 e. The lowest BCUT2D eigenvalue weighted by Crippen LogP contribution is -2.45. The van der Waals surface area contributed by atoms with Gasteiger partial charge in [0.25, 0.3) is 5.91 Å². The molecule has 0 aliphatic carbocycles. The van der Waals surface area contributed by atoms with Gasteiger partial charge in [-0.25, -0.2) is 0 Å². The Labute approximate surface area is 137 Å². The third kappa shape index (κ3) is 4.18. The van der Waals surface area contributed by atoms with Crippen LogP contribution in [0.3, 0.4) is 0 Å². The largest absolute Gasteiger partial charge is 0.382 e. The molecule has 2 aromatic rings. The van der Waals surface area contributed by atoms with Crippen LogP contribution in [0.1, 0.15) is 24.5 Å². The molecule has 0 aliphatic heterocycles. The molecular formula is C19H23NO3. The van der Waals surface area contributed by atoms with E-state index in [2.05, 4.69) is 5.32 Å². The van der Waals surface area contributed by atoms with Gasteiger partial charge in [-0.05, 0) is 24.5 Å². The maximum absolute atomic E-state index is 12.7. The maximum Gasteiger partial charge on any atom is 0.261 e. The van der Waals surface area contributed by atoms with E-state index >= 15 is 0 Å². The van der Waals surface area contributed by atoms with E-state index < -0.39 is 11.5 Å². The zero-order chi connectivity index (χ0) is 16.5. The fraction of sp³-hybridized carbons (Fsp3) is 0.316. The minimum absolute atomic E-state index is 0.425. The molecule has 0 unspecified atom stereocenters. The van der Waals surface area contributed by atoms with Gasteiger partial charge in [0.05, 0.1) is 0 Å². The van der Waals surface area contributed by atoms with Gasteiger partial charge in [-0.3, -0.25) is 4.79 Å². The minimum Gasteiger partial charge on any atom is -0.382 e. The van der Waals surface area contributed by atoms with Crippen molar-refractivity contribution in [3.8, 4) is 0 Å². The van der Waals surface area contributed by atoms with E-state index in [0.717, 1.165) is 0 Å². The van der Waals surface area contributed by atoms with Gasteiger partial charge in [-0.15, -0.1) is 0 Å². The molecule has 0 saturated carbocycles. The van der Waals surface area contributed by atoms with Gasteiger partial charge in [0.15, 0.2) is 5.60 Å². The normalized spacial score (nSPS) is 11.2. The lowest BCUT2D eigenvalue weighted by Gasteiger charge is -2.28. The summed E-state index contributed by atoms with van der Waals surface area (Å²) in [6.45, 7) is 3.64. The molecule has 0 saturated heterocycles. The number of hydrogen-bond donors (Lipinski definition) is 2. The van der Waals surface area contributed by atoms with E-state index in [0.29, 0.717) is 37.3 Å². The van der Waals surface area contributed by atoms with Crippen molar-refractivity contribution in [3.63, 3.8) is 0 Å². The summed E-state index contributed by atoms with van der Waals surface area (Å²) in [5.41, 5.74) is -0.601. The van der Waals surface area contributed by atoms with Crippen molar-refractivity contribution in [1.29, 1.82) is 0 Å². The number of nitrogens with one attached hydrogen (secondary N) is 1. The molecule has 4 heteroatoms. The monoisotopic (exact) mass is 313 g/mol. The molecule has 4 nitrogen and oxygen atoms in total. The fourth-order valence-electron chi connectivity index (χ4n) is 2.44. The first kappa shape index (κ1) is 17.2. The first-order valence-corrected chi connectivity index (χ1v) is 7.89. The highest BCUT2D eigenvalue weighted by Crippen LogP contribution is 2.29. The topological polar surface area (TPSA) is 58.6 Å². The van der Waals surface area contributed by atoms with E-state index in [1.807, 2.05) is 43.3 Å². The van der Waals surface area contributed by atoms with Crippen molar-refractivity contribution in [2.45, 2.75) is 18.9 Å². The van der Waals surface area contributed by atoms with Gasteiger partial charge in [0.1, 0.15) is 0 Å². The van der Waals surface area contributed by atoms with E-state index in [4.69, 9.17) is 4.74 Å².